The van der Waals surface area contributed by atoms with E-state index in [0.717, 1.165) is 0 Å². The molecule has 0 aliphatic rings. The van der Waals surface area contributed by atoms with Gasteiger partial charge in [-0.1, -0.05) is 6.07 Å². The molecule has 0 radical (unpaired) electrons. The van der Waals surface area contributed by atoms with Gasteiger partial charge in [0.2, 0.25) is 0 Å². The van der Waals surface area contributed by atoms with Crippen LogP contribution in [0.4, 0.5) is 5.82 Å². The highest BCUT2D eigenvalue weighted by Crippen LogP contribution is 2.13. The van der Waals surface area contributed by atoms with Crippen molar-refractivity contribution in [2.45, 2.75) is 6.92 Å². The topological polar surface area (TPSA) is 76.1 Å². The summed E-state index contributed by atoms with van der Waals surface area (Å²) in [6.07, 6.45) is 2.97. The molecule has 1 aromatic heterocycles. The fraction of sp³-hybridized carbons (Fsp3) is 0.154. The lowest BCUT2D eigenvalue weighted by atomic mass is 10.2. The predicted molar refractivity (Wildman–Crippen MR) is 70.7 cm³/mol. The van der Waals surface area contributed by atoms with Gasteiger partial charge in [-0.2, -0.15) is 0 Å². The summed E-state index contributed by atoms with van der Waals surface area (Å²) >= 11 is 0. The first-order chi connectivity index (χ1) is 9.29. The Morgan fingerprint density at radius 2 is 2.26 bits per heavy atom. The van der Waals surface area contributed by atoms with Gasteiger partial charge in [0.15, 0.2) is 0 Å². The van der Waals surface area contributed by atoms with E-state index in [2.05, 4.69) is 20.8 Å². The van der Waals surface area contributed by atoms with Gasteiger partial charge in [0.05, 0.1) is 6.61 Å². The van der Waals surface area contributed by atoms with E-state index in [1.54, 1.807) is 36.5 Å². The average molecular weight is 258 g/mol. The number of hydrogen-bond donors (Lipinski definition) is 2. The molecule has 6 heteroatoms. The van der Waals surface area contributed by atoms with Gasteiger partial charge in [-0.05, 0) is 25.1 Å². The Bertz CT molecular complexity index is 545. The molecule has 1 aromatic carbocycles. The third kappa shape index (κ3) is 3.67. The monoisotopic (exact) mass is 258 g/mol. The van der Waals surface area contributed by atoms with Crippen LogP contribution in [0.25, 0.3) is 0 Å². The molecule has 0 saturated heterocycles. The zero-order valence-electron chi connectivity index (χ0n) is 10.5. The second kappa shape index (κ2) is 6.34. The van der Waals surface area contributed by atoms with Crippen LogP contribution in [0.3, 0.4) is 0 Å². The van der Waals surface area contributed by atoms with Gasteiger partial charge < -0.3 is 4.74 Å². The fourth-order valence-corrected chi connectivity index (χ4v) is 1.45. The molecule has 2 aromatic rings. The molecular formula is C13H14N4O2. The minimum Gasteiger partial charge on any atom is -0.494 e. The summed E-state index contributed by atoms with van der Waals surface area (Å²) in [5, 5.41) is 0. The summed E-state index contributed by atoms with van der Waals surface area (Å²) in [4.78, 5) is 19.6. The van der Waals surface area contributed by atoms with Crippen molar-refractivity contribution in [3.8, 4) is 5.75 Å². The van der Waals surface area contributed by atoms with Crippen LogP contribution in [-0.2, 0) is 0 Å². The SMILES string of the molecule is CCOc1cccc(C(=O)NNc2ccncn2)c1. The second-order valence-electron chi connectivity index (χ2n) is 3.63. The van der Waals surface area contributed by atoms with Crippen LogP contribution in [0.15, 0.2) is 42.9 Å². The van der Waals surface area contributed by atoms with Gasteiger partial charge >= 0.3 is 0 Å². The number of hydrazine groups is 1. The van der Waals surface area contributed by atoms with Gasteiger partial charge in [0.25, 0.3) is 5.91 Å². The van der Waals surface area contributed by atoms with Crippen molar-refractivity contribution in [3.05, 3.63) is 48.4 Å². The number of benzene rings is 1. The van der Waals surface area contributed by atoms with Crippen LogP contribution in [0.1, 0.15) is 17.3 Å². The quantitative estimate of drug-likeness (QED) is 0.797. The van der Waals surface area contributed by atoms with Gasteiger partial charge in [0.1, 0.15) is 17.9 Å². The molecular weight excluding hydrogens is 244 g/mol. The molecule has 0 spiro atoms. The molecule has 1 amide bonds. The van der Waals surface area contributed by atoms with E-state index >= 15 is 0 Å². The molecule has 0 aliphatic heterocycles. The van der Waals surface area contributed by atoms with Gasteiger partial charge in [-0.25, -0.2) is 9.97 Å². The van der Waals surface area contributed by atoms with Crippen LogP contribution in [-0.4, -0.2) is 22.5 Å². The number of carbonyl (C=O) groups excluding carboxylic acids is 1. The molecule has 1 heterocycles. The lowest BCUT2D eigenvalue weighted by Gasteiger charge is -2.08. The first kappa shape index (κ1) is 12.8. The third-order valence-electron chi connectivity index (χ3n) is 2.29. The number of anilines is 1. The van der Waals surface area contributed by atoms with Crippen molar-refractivity contribution in [1.82, 2.24) is 15.4 Å². The van der Waals surface area contributed by atoms with E-state index < -0.39 is 0 Å². The molecule has 0 bridgehead atoms. The van der Waals surface area contributed by atoms with E-state index in [1.165, 1.54) is 6.33 Å². The molecule has 0 atom stereocenters. The Hall–Kier alpha value is -2.63. The summed E-state index contributed by atoms with van der Waals surface area (Å²) in [6, 6.07) is 8.61. The zero-order valence-corrected chi connectivity index (χ0v) is 10.5. The van der Waals surface area contributed by atoms with E-state index in [9.17, 15) is 4.79 Å². The van der Waals surface area contributed by atoms with Gasteiger partial charge in [-0.15, -0.1) is 0 Å². The number of hydrogen-bond acceptors (Lipinski definition) is 5. The van der Waals surface area contributed by atoms with Crippen LogP contribution in [0.5, 0.6) is 5.75 Å². The smallest absolute Gasteiger partial charge is 0.269 e. The highest BCUT2D eigenvalue weighted by atomic mass is 16.5. The van der Waals surface area contributed by atoms with Crippen LogP contribution in [0.2, 0.25) is 0 Å². The summed E-state index contributed by atoms with van der Waals surface area (Å²) < 4.78 is 5.34. The summed E-state index contributed by atoms with van der Waals surface area (Å²) in [5.41, 5.74) is 5.76. The molecule has 2 rings (SSSR count). The van der Waals surface area contributed by atoms with Crippen molar-refractivity contribution in [2.75, 3.05) is 12.0 Å². The Morgan fingerprint density at radius 1 is 1.37 bits per heavy atom. The molecule has 6 nitrogen and oxygen atoms in total. The lowest BCUT2D eigenvalue weighted by Crippen LogP contribution is -2.29. The molecule has 0 aliphatic carbocycles. The second-order valence-corrected chi connectivity index (χ2v) is 3.63. The van der Waals surface area contributed by atoms with Crippen molar-refractivity contribution >= 4 is 11.7 Å². The average Bonchev–Trinajstić information content (AvgIpc) is 2.46. The number of amides is 1. The van der Waals surface area contributed by atoms with Crippen molar-refractivity contribution < 1.29 is 9.53 Å². The van der Waals surface area contributed by atoms with E-state index in [1.807, 2.05) is 6.92 Å². The molecule has 0 fully saturated rings. The van der Waals surface area contributed by atoms with E-state index in [0.29, 0.717) is 23.7 Å². The Morgan fingerprint density at radius 3 is 3.00 bits per heavy atom. The minimum absolute atomic E-state index is 0.264. The molecule has 98 valence electrons. The first-order valence-electron chi connectivity index (χ1n) is 5.85. The van der Waals surface area contributed by atoms with Crippen LogP contribution < -0.4 is 15.6 Å². The zero-order chi connectivity index (χ0) is 13.5. The summed E-state index contributed by atoms with van der Waals surface area (Å²) in [7, 11) is 0. The molecule has 2 N–H and O–H groups in total. The normalized spacial score (nSPS) is 9.74. The third-order valence-corrected chi connectivity index (χ3v) is 2.29. The highest BCUT2D eigenvalue weighted by molar-refractivity contribution is 5.95. The van der Waals surface area contributed by atoms with Gasteiger partial charge in [-0.3, -0.25) is 15.6 Å². The standard InChI is InChI=1S/C13H14N4O2/c1-2-19-11-5-3-4-10(8-11)13(18)17-16-12-6-7-14-9-15-12/h3-9H,2H2,1H3,(H,17,18)(H,14,15,16). The molecule has 0 saturated carbocycles. The van der Waals surface area contributed by atoms with Crippen molar-refractivity contribution in [1.29, 1.82) is 0 Å². The van der Waals surface area contributed by atoms with Crippen molar-refractivity contribution in [2.24, 2.45) is 0 Å². The Kier molecular flexibility index (Phi) is 4.28. The van der Waals surface area contributed by atoms with E-state index in [-0.39, 0.29) is 5.91 Å². The van der Waals surface area contributed by atoms with Crippen LogP contribution >= 0.6 is 0 Å². The number of rotatable bonds is 5. The number of carbonyl (C=O) groups is 1. The van der Waals surface area contributed by atoms with Crippen LogP contribution in [0, 0.1) is 0 Å². The lowest BCUT2D eigenvalue weighted by molar-refractivity contribution is 0.0962. The molecule has 0 unspecified atom stereocenters. The predicted octanol–water partition coefficient (Wildman–Crippen LogP) is 1.63. The minimum atomic E-state index is -0.264. The molecule has 19 heavy (non-hydrogen) atoms. The highest BCUT2D eigenvalue weighted by Gasteiger charge is 2.06. The number of nitrogens with one attached hydrogen (secondary N) is 2. The Balaban J connectivity index is 1.98. The fourth-order valence-electron chi connectivity index (χ4n) is 1.45. The first-order valence-corrected chi connectivity index (χ1v) is 5.85. The maximum absolute atomic E-state index is 11.9. The van der Waals surface area contributed by atoms with Crippen molar-refractivity contribution in [3.63, 3.8) is 0 Å². The maximum Gasteiger partial charge on any atom is 0.269 e. The van der Waals surface area contributed by atoms with Gasteiger partial charge in [0, 0.05) is 17.8 Å². The maximum atomic E-state index is 11.9. The summed E-state index contributed by atoms with van der Waals surface area (Å²) in [6.45, 7) is 2.45. The number of aromatic nitrogens is 2. The van der Waals surface area contributed by atoms with E-state index in [4.69, 9.17) is 4.74 Å². The number of ether oxygens (including phenoxy) is 1. The summed E-state index contributed by atoms with van der Waals surface area (Å²) in [5.74, 6) is 0.918. The Labute approximate surface area is 110 Å². The number of nitrogens with zero attached hydrogens (tertiary/aromatic N) is 2. The largest absolute Gasteiger partial charge is 0.494 e.